The molecule has 2 rings (SSSR count). The van der Waals surface area contributed by atoms with E-state index in [1.54, 1.807) is 0 Å². The number of halogens is 1. The lowest BCUT2D eigenvalue weighted by molar-refractivity contribution is 0.281. The first kappa shape index (κ1) is 14.7. The Labute approximate surface area is 121 Å². The summed E-state index contributed by atoms with van der Waals surface area (Å²) >= 11 is 5.83. The molecule has 0 atom stereocenters. The average molecular weight is 282 g/mol. The van der Waals surface area contributed by atoms with Gasteiger partial charge in [-0.05, 0) is 68.8 Å². The first-order valence-electron chi connectivity index (χ1n) is 7.36. The van der Waals surface area contributed by atoms with Gasteiger partial charge in [-0.1, -0.05) is 18.5 Å². The van der Waals surface area contributed by atoms with Crippen molar-refractivity contribution in [3.05, 3.63) is 29.3 Å². The van der Waals surface area contributed by atoms with Gasteiger partial charge >= 0.3 is 0 Å². The topological polar surface area (TPSA) is 21.3 Å². The number of hydrogen-bond acceptors (Lipinski definition) is 2. The number of hydrogen-bond donors (Lipinski definition) is 1. The van der Waals surface area contributed by atoms with Crippen LogP contribution in [0.15, 0.2) is 24.3 Å². The molecular formula is C16H24ClNO. The Morgan fingerprint density at radius 1 is 1.16 bits per heavy atom. The average Bonchev–Trinajstić information content (AvgIpc) is 2.43. The van der Waals surface area contributed by atoms with Crippen LogP contribution in [0, 0.1) is 5.92 Å². The van der Waals surface area contributed by atoms with E-state index in [0.29, 0.717) is 0 Å². The van der Waals surface area contributed by atoms with Crippen LogP contribution in [0.2, 0.25) is 5.02 Å². The van der Waals surface area contributed by atoms with Gasteiger partial charge in [-0.25, -0.2) is 0 Å². The monoisotopic (exact) mass is 281 g/mol. The molecule has 0 amide bonds. The highest BCUT2D eigenvalue weighted by molar-refractivity contribution is 6.30. The van der Waals surface area contributed by atoms with E-state index in [9.17, 15) is 0 Å². The van der Waals surface area contributed by atoms with Crippen LogP contribution < -0.4 is 10.1 Å². The Morgan fingerprint density at radius 2 is 1.84 bits per heavy atom. The first-order valence-corrected chi connectivity index (χ1v) is 7.73. The Morgan fingerprint density at radius 3 is 2.53 bits per heavy atom. The van der Waals surface area contributed by atoms with Crippen LogP contribution in [-0.4, -0.2) is 19.2 Å². The molecule has 0 unspecified atom stereocenters. The Bertz CT molecular complexity index is 358. The highest BCUT2D eigenvalue weighted by Crippen LogP contribution is 2.23. The van der Waals surface area contributed by atoms with Gasteiger partial charge in [-0.15, -0.1) is 0 Å². The normalized spacial score (nSPS) is 23.3. The largest absolute Gasteiger partial charge is 0.494 e. The van der Waals surface area contributed by atoms with Crippen LogP contribution in [0.25, 0.3) is 0 Å². The maximum absolute atomic E-state index is 5.83. The first-order chi connectivity index (χ1) is 9.24. The standard InChI is InChI=1S/C16H24ClNO/c1-13-3-7-15(8-4-13)18-11-2-12-19-16-9-5-14(17)6-10-16/h5-6,9-10,13,15,18H,2-4,7-8,11-12H2,1H3. The van der Waals surface area contributed by atoms with E-state index in [2.05, 4.69) is 12.2 Å². The van der Waals surface area contributed by atoms with Crippen molar-refractivity contribution in [2.45, 2.75) is 45.1 Å². The molecule has 1 aromatic rings. The second-order valence-electron chi connectivity index (χ2n) is 5.57. The third kappa shape index (κ3) is 5.42. The summed E-state index contributed by atoms with van der Waals surface area (Å²) in [4.78, 5) is 0. The van der Waals surface area contributed by atoms with E-state index in [0.717, 1.165) is 42.3 Å². The minimum atomic E-state index is 0.728. The Balaban J connectivity index is 1.53. The zero-order valence-corrected chi connectivity index (χ0v) is 12.5. The van der Waals surface area contributed by atoms with Crippen molar-refractivity contribution in [3.8, 4) is 5.75 Å². The number of nitrogens with one attached hydrogen (secondary N) is 1. The zero-order valence-electron chi connectivity index (χ0n) is 11.7. The van der Waals surface area contributed by atoms with Crippen LogP contribution in [-0.2, 0) is 0 Å². The molecule has 0 saturated heterocycles. The van der Waals surface area contributed by atoms with Gasteiger partial charge < -0.3 is 10.1 Å². The van der Waals surface area contributed by atoms with E-state index in [4.69, 9.17) is 16.3 Å². The van der Waals surface area contributed by atoms with E-state index in [-0.39, 0.29) is 0 Å². The van der Waals surface area contributed by atoms with Gasteiger partial charge in [0.05, 0.1) is 6.61 Å². The van der Waals surface area contributed by atoms with Gasteiger partial charge in [0, 0.05) is 11.1 Å². The minimum Gasteiger partial charge on any atom is -0.494 e. The predicted octanol–water partition coefficient (Wildman–Crippen LogP) is 4.28. The number of benzene rings is 1. The van der Waals surface area contributed by atoms with Crippen molar-refractivity contribution in [1.82, 2.24) is 5.32 Å². The summed E-state index contributed by atoms with van der Waals surface area (Å²) in [5.41, 5.74) is 0. The molecule has 3 heteroatoms. The van der Waals surface area contributed by atoms with E-state index in [1.165, 1.54) is 25.7 Å². The quantitative estimate of drug-likeness (QED) is 0.786. The second kappa shape index (κ2) is 7.76. The molecule has 106 valence electrons. The summed E-state index contributed by atoms with van der Waals surface area (Å²) in [6, 6.07) is 8.28. The van der Waals surface area contributed by atoms with Gasteiger partial charge in [-0.2, -0.15) is 0 Å². The predicted molar refractivity (Wildman–Crippen MR) is 81.0 cm³/mol. The molecule has 0 radical (unpaired) electrons. The maximum atomic E-state index is 5.83. The molecule has 0 aliphatic heterocycles. The van der Waals surface area contributed by atoms with Crippen molar-refractivity contribution in [2.24, 2.45) is 5.92 Å². The van der Waals surface area contributed by atoms with Crippen molar-refractivity contribution < 1.29 is 4.74 Å². The smallest absolute Gasteiger partial charge is 0.119 e. The summed E-state index contributed by atoms with van der Waals surface area (Å²) in [6.45, 7) is 4.17. The van der Waals surface area contributed by atoms with E-state index < -0.39 is 0 Å². The summed E-state index contributed by atoms with van der Waals surface area (Å²) in [5.74, 6) is 1.82. The fourth-order valence-electron chi connectivity index (χ4n) is 2.56. The van der Waals surface area contributed by atoms with Gasteiger partial charge in [0.15, 0.2) is 0 Å². The van der Waals surface area contributed by atoms with E-state index >= 15 is 0 Å². The molecule has 2 nitrogen and oxygen atoms in total. The number of rotatable bonds is 6. The minimum absolute atomic E-state index is 0.728. The second-order valence-corrected chi connectivity index (χ2v) is 6.00. The highest BCUT2D eigenvalue weighted by Gasteiger charge is 2.16. The highest BCUT2D eigenvalue weighted by atomic mass is 35.5. The van der Waals surface area contributed by atoms with Gasteiger partial charge in [0.25, 0.3) is 0 Å². The third-order valence-corrected chi connectivity index (χ3v) is 4.10. The number of ether oxygens (including phenoxy) is 1. The van der Waals surface area contributed by atoms with Crippen molar-refractivity contribution >= 4 is 11.6 Å². The van der Waals surface area contributed by atoms with Crippen LogP contribution in [0.5, 0.6) is 5.75 Å². The lowest BCUT2D eigenvalue weighted by Crippen LogP contribution is -2.33. The molecule has 1 aliphatic carbocycles. The van der Waals surface area contributed by atoms with Crippen LogP contribution in [0.3, 0.4) is 0 Å². The molecule has 1 N–H and O–H groups in total. The maximum Gasteiger partial charge on any atom is 0.119 e. The summed E-state index contributed by atoms with van der Waals surface area (Å²) in [7, 11) is 0. The molecule has 0 heterocycles. The van der Waals surface area contributed by atoms with Crippen molar-refractivity contribution in [3.63, 3.8) is 0 Å². The van der Waals surface area contributed by atoms with Gasteiger partial charge in [0.1, 0.15) is 5.75 Å². The molecule has 1 aliphatic rings. The zero-order chi connectivity index (χ0) is 13.5. The molecule has 0 bridgehead atoms. The summed E-state index contributed by atoms with van der Waals surface area (Å²) < 4.78 is 5.67. The SMILES string of the molecule is CC1CCC(NCCCOc2ccc(Cl)cc2)CC1. The summed E-state index contributed by atoms with van der Waals surface area (Å²) in [6.07, 6.45) is 6.46. The summed E-state index contributed by atoms with van der Waals surface area (Å²) in [5, 5.41) is 4.39. The molecule has 1 aromatic carbocycles. The molecule has 0 aromatic heterocycles. The third-order valence-electron chi connectivity index (χ3n) is 3.85. The molecular weight excluding hydrogens is 258 g/mol. The molecule has 1 fully saturated rings. The Kier molecular flexibility index (Phi) is 5.99. The fourth-order valence-corrected chi connectivity index (χ4v) is 2.69. The van der Waals surface area contributed by atoms with Gasteiger partial charge in [-0.3, -0.25) is 0 Å². The van der Waals surface area contributed by atoms with Gasteiger partial charge in [0.2, 0.25) is 0 Å². The van der Waals surface area contributed by atoms with Crippen LogP contribution >= 0.6 is 11.6 Å². The lowest BCUT2D eigenvalue weighted by atomic mass is 9.87. The molecule has 19 heavy (non-hydrogen) atoms. The fraction of sp³-hybridized carbons (Fsp3) is 0.625. The Hall–Kier alpha value is -0.730. The van der Waals surface area contributed by atoms with E-state index in [1.807, 2.05) is 24.3 Å². The van der Waals surface area contributed by atoms with Crippen LogP contribution in [0.1, 0.15) is 39.0 Å². The lowest BCUT2D eigenvalue weighted by Gasteiger charge is -2.27. The van der Waals surface area contributed by atoms with Crippen molar-refractivity contribution in [1.29, 1.82) is 0 Å². The molecule has 1 saturated carbocycles. The molecule has 0 spiro atoms. The van der Waals surface area contributed by atoms with Crippen LogP contribution in [0.4, 0.5) is 0 Å². The van der Waals surface area contributed by atoms with Crippen molar-refractivity contribution in [2.75, 3.05) is 13.2 Å².